The highest BCUT2D eigenvalue weighted by molar-refractivity contribution is 6.30. The van der Waals surface area contributed by atoms with Gasteiger partial charge < -0.3 is 24.7 Å². The van der Waals surface area contributed by atoms with Crippen molar-refractivity contribution in [3.8, 4) is 22.5 Å². The lowest BCUT2D eigenvalue weighted by atomic mass is 10.0. The van der Waals surface area contributed by atoms with Crippen molar-refractivity contribution < 1.29 is 28.4 Å². The van der Waals surface area contributed by atoms with Crippen LogP contribution in [0.15, 0.2) is 95.5 Å². The van der Waals surface area contributed by atoms with Crippen LogP contribution in [0.25, 0.3) is 22.5 Å². The molecule has 0 radical (unpaired) electrons. The molecule has 10 nitrogen and oxygen atoms in total. The molecule has 48 heavy (non-hydrogen) atoms. The molecule has 4 aromatic carbocycles. The first-order chi connectivity index (χ1) is 23.1. The Balaban J connectivity index is 1.09. The first-order valence-corrected chi connectivity index (χ1v) is 15.7. The van der Waals surface area contributed by atoms with E-state index in [0.717, 1.165) is 28.4 Å². The quantitative estimate of drug-likeness (QED) is 0.199. The lowest BCUT2D eigenvalue weighted by Crippen LogP contribution is -2.48. The highest BCUT2D eigenvalue weighted by Crippen LogP contribution is 2.25. The van der Waals surface area contributed by atoms with Gasteiger partial charge in [0, 0.05) is 48.9 Å². The molecule has 1 unspecified atom stereocenters. The number of aliphatic carboxylic acids is 1. The number of carbonyl (C=O) groups is 3. The van der Waals surface area contributed by atoms with Crippen LogP contribution in [0.1, 0.15) is 32.2 Å². The fraction of sp³-hybridized carbons (Fsp3) is 0.194. The van der Waals surface area contributed by atoms with E-state index in [9.17, 15) is 19.5 Å². The monoisotopic (exact) mass is 667 g/mol. The van der Waals surface area contributed by atoms with E-state index in [1.54, 1.807) is 29.2 Å². The maximum absolute atomic E-state index is 15.3. The van der Waals surface area contributed by atoms with Gasteiger partial charge in [0.05, 0.1) is 5.56 Å². The Bertz CT molecular complexity index is 1970. The van der Waals surface area contributed by atoms with Gasteiger partial charge in [-0.05, 0) is 66.1 Å². The Morgan fingerprint density at radius 3 is 2.40 bits per heavy atom. The second-order valence-corrected chi connectivity index (χ2v) is 11.9. The van der Waals surface area contributed by atoms with Gasteiger partial charge in [0.15, 0.2) is 0 Å². The molecule has 2 heterocycles. The van der Waals surface area contributed by atoms with E-state index >= 15 is 4.39 Å². The molecule has 1 aliphatic rings. The molecule has 1 fully saturated rings. The largest absolute Gasteiger partial charge is 0.480 e. The van der Waals surface area contributed by atoms with Gasteiger partial charge in [0.25, 0.3) is 5.91 Å². The van der Waals surface area contributed by atoms with Gasteiger partial charge in [-0.2, -0.15) is 4.98 Å². The number of benzene rings is 4. The van der Waals surface area contributed by atoms with Crippen molar-refractivity contribution in [2.75, 3.05) is 31.1 Å². The van der Waals surface area contributed by atoms with Gasteiger partial charge in [0.1, 0.15) is 11.9 Å². The molecule has 2 amide bonds. The maximum atomic E-state index is 15.3. The molecule has 0 spiro atoms. The topological polar surface area (TPSA) is 129 Å². The zero-order chi connectivity index (χ0) is 33.8. The summed E-state index contributed by atoms with van der Waals surface area (Å²) in [7, 11) is 0. The Labute approximate surface area is 280 Å². The molecule has 1 aliphatic heterocycles. The number of piperazine rings is 1. The Kier molecular flexibility index (Phi) is 9.49. The van der Waals surface area contributed by atoms with Crippen LogP contribution >= 0.6 is 11.6 Å². The number of halogens is 2. The number of hydrogen-bond donors (Lipinski definition) is 2. The van der Waals surface area contributed by atoms with Crippen molar-refractivity contribution in [3.63, 3.8) is 0 Å². The number of carboxylic acids is 1. The number of anilines is 1. The van der Waals surface area contributed by atoms with Gasteiger partial charge >= 0.3 is 17.8 Å². The fourth-order valence-corrected chi connectivity index (χ4v) is 5.71. The minimum absolute atomic E-state index is 0.0174. The molecule has 0 bridgehead atoms. The Morgan fingerprint density at radius 1 is 0.938 bits per heavy atom. The van der Waals surface area contributed by atoms with Gasteiger partial charge in [-0.25, -0.2) is 9.18 Å². The molecule has 1 atom stereocenters. The number of carboxylic acid groups (broad SMARTS) is 1. The summed E-state index contributed by atoms with van der Waals surface area (Å²) in [4.78, 5) is 46.0. The van der Waals surface area contributed by atoms with Crippen molar-refractivity contribution in [2.24, 2.45) is 0 Å². The predicted octanol–water partition coefficient (Wildman–Crippen LogP) is 5.89. The summed E-state index contributed by atoms with van der Waals surface area (Å²) < 4.78 is 20.5. The van der Waals surface area contributed by atoms with E-state index in [4.69, 9.17) is 16.1 Å². The lowest BCUT2D eigenvalue weighted by Gasteiger charge is -2.35. The molecule has 1 saturated heterocycles. The molecule has 5 aromatic rings. The van der Waals surface area contributed by atoms with Crippen LogP contribution in [0.3, 0.4) is 0 Å². The summed E-state index contributed by atoms with van der Waals surface area (Å²) in [6, 6.07) is 25.0. The third kappa shape index (κ3) is 7.37. The van der Waals surface area contributed by atoms with Crippen molar-refractivity contribution in [1.29, 1.82) is 0 Å². The average Bonchev–Trinajstić information content (AvgIpc) is 3.58. The van der Waals surface area contributed by atoms with E-state index in [-0.39, 0.29) is 23.7 Å². The zero-order valence-corrected chi connectivity index (χ0v) is 26.7. The molecular weight excluding hydrogens is 637 g/mol. The second kappa shape index (κ2) is 14.1. The minimum Gasteiger partial charge on any atom is -0.480 e. The average molecular weight is 668 g/mol. The molecule has 12 heteroatoms. The standard InChI is InChI=1S/C36H31ClFN5O5/c1-22-8-11-24(12-9-22)25-4-2-5-26(20-25)33(44)39-31(36(46)47)19-23-10-13-29(30(38)18-23)32-40-34(48-41-32)35(45)43-16-14-42(15-17-43)28-7-3-6-27(37)21-28/h2-13,18,20-21,31H,14-17,19H2,1H3,(H,39,44)(H,46,47). The SMILES string of the molecule is Cc1ccc(-c2cccc(C(=O)NC(Cc3ccc(-c4noc(C(=O)N5CCN(c6cccc(Cl)c6)CC5)n4)c(F)c3)C(=O)O)c2)cc1. The van der Waals surface area contributed by atoms with E-state index in [1.807, 2.05) is 55.5 Å². The molecule has 6 rings (SSSR count). The maximum Gasteiger partial charge on any atom is 0.326 e. The van der Waals surface area contributed by atoms with E-state index in [2.05, 4.69) is 20.4 Å². The van der Waals surface area contributed by atoms with Crippen LogP contribution in [-0.2, 0) is 11.2 Å². The minimum atomic E-state index is -1.32. The summed E-state index contributed by atoms with van der Waals surface area (Å²) in [5.74, 6) is -3.40. The Morgan fingerprint density at radius 2 is 1.69 bits per heavy atom. The third-order valence-electron chi connectivity index (χ3n) is 8.18. The van der Waals surface area contributed by atoms with Crippen LogP contribution in [0, 0.1) is 12.7 Å². The summed E-state index contributed by atoms with van der Waals surface area (Å²) >= 11 is 6.11. The molecule has 0 aliphatic carbocycles. The summed E-state index contributed by atoms with van der Waals surface area (Å²) in [6.07, 6.45) is -0.174. The fourth-order valence-electron chi connectivity index (χ4n) is 5.53. The van der Waals surface area contributed by atoms with Crippen molar-refractivity contribution in [2.45, 2.75) is 19.4 Å². The van der Waals surface area contributed by atoms with E-state index in [0.29, 0.717) is 42.3 Å². The third-order valence-corrected chi connectivity index (χ3v) is 8.41. The summed E-state index contributed by atoms with van der Waals surface area (Å²) in [5.41, 5.74) is 4.42. The number of hydrogen-bond acceptors (Lipinski definition) is 7. The smallest absolute Gasteiger partial charge is 0.326 e. The summed E-state index contributed by atoms with van der Waals surface area (Å²) in [6.45, 7) is 4.00. The van der Waals surface area contributed by atoms with Gasteiger partial charge in [-0.1, -0.05) is 70.9 Å². The Hall–Kier alpha value is -5.55. The normalized spacial score (nSPS) is 13.6. The van der Waals surface area contributed by atoms with Gasteiger partial charge in [0.2, 0.25) is 5.82 Å². The molecule has 2 N–H and O–H groups in total. The number of nitrogens with one attached hydrogen (secondary N) is 1. The van der Waals surface area contributed by atoms with E-state index in [1.165, 1.54) is 12.1 Å². The van der Waals surface area contributed by atoms with Crippen molar-refractivity contribution in [3.05, 3.63) is 124 Å². The highest BCUT2D eigenvalue weighted by atomic mass is 35.5. The van der Waals surface area contributed by atoms with Crippen LogP contribution in [0.5, 0.6) is 0 Å². The first-order valence-electron chi connectivity index (χ1n) is 15.3. The van der Waals surface area contributed by atoms with Gasteiger partial charge in [-0.3, -0.25) is 9.59 Å². The number of aryl methyl sites for hydroxylation is 1. The van der Waals surface area contributed by atoms with Crippen LogP contribution in [0.4, 0.5) is 10.1 Å². The highest BCUT2D eigenvalue weighted by Gasteiger charge is 2.28. The van der Waals surface area contributed by atoms with Crippen molar-refractivity contribution >= 4 is 35.1 Å². The van der Waals surface area contributed by atoms with E-state index < -0.39 is 29.6 Å². The molecule has 1 aromatic heterocycles. The number of nitrogens with zero attached hydrogens (tertiary/aromatic N) is 4. The van der Waals surface area contributed by atoms with Crippen LogP contribution in [0.2, 0.25) is 5.02 Å². The van der Waals surface area contributed by atoms with Crippen molar-refractivity contribution in [1.82, 2.24) is 20.4 Å². The molecule has 244 valence electrons. The molecule has 0 saturated carbocycles. The second-order valence-electron chi connectivity index (χ2n) is 11.5. The number of amides is 2. The number of aromatic nitrogens is 2. The van der Waals surface area contributed by atoms with Gasteiger partial charge in [-0.15, -0.1) is 0 Å². The first kappa shape index (κ1) is 32.4. The predicted molar refractivity (Wildman–Crippen MR) is 178 cm³/mol. The summed E-state index contributed by atoms with van der Waals surface area (Å²) in [5, 5.41) is 16.8. The van der Waals surface area contributed by atoms with Crippen LogP contribution < -0.4 is 10.2 Å². The lowest BCUT2D eigenvalue weighted by molar-refractivity contribution is -0.139. The zero-order valence-electron chi connectivity index (χ0n) is 25.9. The van der Waals surface area contributed by atoms with Crippen LogP contribution in [-0.4, -0.2) is 70.2 Å². The number of carbonyl (C=O) groups excluding carboxylic acids is 2. The molecular formula is C36H31ClFN5O5. The number of rotatable bonds is 9.